The molecule has 1 atom stereocenters. The fourth-order valence-electron chi connectivity index (χ4n) is 1.37. The van der Waals surface area contributed by atoms with Gasteiger partial charge in [0.15, 0.2) is 0 Å². The highest BCUT2D eigenvalue weighted by Crippen LogP contribution is 2.12. The van der Waals surface area contributed by atoms with Crippen LogP contribution in [0.3, 0.4) is 0 Å². The van der Waals surface area contributed by atoms with Gasteiger partial charge in [-0.25, -0.2) is 4.98 Å². The van der Waals surface area contributed by atoms with Crippen molar-refractivity contribution in [2.45, 2.75) is 26.7 Å². The molecule has 0 radical (unpaired) electrons. The van der Waals surface area contributed by atoms with Crippen molar-refractivity contribution in [3.05, 3.63) is 16.1 Å². The van der Waals surface area contributed by atoms with Gasteiger partial charge in [0.1, 0.15) is 0 Å². The van der Waals surface area contributed by atoms with E-state index in [1.54, 1.807) is 11.3 Å². The quantitative estimate of drug-likeness (QED) is 0.785. The van der Waals surface area contributed by atoms with Crippen LogP contribution in [-0.4, -0.2) is 18.6 Å². The minimum atomic E-state index is 0.743. The van der Waals surface area contributed by atoms with Crippen LogP contribution in [0.4, 0.5) is 0 Å². The van der Waals surface area contributed by atoms with Crippen LogP contribution in [0.15, 0.2) is 5.38 Å². The number of hydrogen-bond acceptors (Lipinski definition) is 3. The van der Waals surface area contributed by atoms with Gasteiger partial charge in [0.25, 0.3) is 0 Å². The fraction of sp³-hybridized carbons (Fsp3) is 0.700. The highest BCUT2D eigenvalue weighted by molar-refractivity contribution is 7.09. The predicted octanol–water partition coefficient (Wildman–Crippen LogP) is 2.24. The van der Waals surface area contributed by atoms with E-state index in [1.807, 2.05) is 7.05 Å². The first-order chi connectivity index (χ1) is 6.22. The summed E-state index contributed by atoms with van der Waals surface area (Å²) in [6.07, 6.45) is 2.34. The van der Waals surface area contributed by atoms with Crippen molar-refractivity contribution in [2.24, 2.45) is 5.92 Å². The molecule has 0 bridgehead atoms. The first kappa shape index (κ1) is 10.7. The van der Waals surface area contributed by atoms with E-state index in [1.165, 1.54) is 17.1 Å². The summed E-state index contributed by atoms with van der Waals surface area (Å²) in [5, 5.41) is 6.54. The van der Waals surface area contributed by atoms with Crippen LogP contribution in [0.1, 0.15) is 24.0 Å². The largest absolute Gasteiger partial charge is 0.319 e. The van der Waals surface area contributed by atoms with E-state index in [-0.39, 0.29) is 0 Å². The second-order valence-electron chi connectivity index (χ2n) is 3.56. The summed E-state index contributed by atoms with van der Waals surface area (Å²) in [7, 11) is 2.00. The molecule has 0 saturated heterocycles. The molecule has 0 spiro atoms. The molecule has 2 nitrogen and oxygen atoms in total. The Morgan fingerprint density at radius 2 is 2.38 bits per heavy atom. The zero-order valence-corrected chi connectivity index (χ0v) is 9.45. The molecule has 74 valence electrons. The summed E-state index contributed by atoms with van der Waals surface area (Å²) in [5.74, 6) is 0.743. The van der Waals surface area contributed by atoms with E-state index in [9.17, 15) is 0 Å². The summed E-state index contributed by atoms with van der Waals surface area (Å²) in [4.78, 5) is 4.44. The van der Waals surface area contributed by atoms with E-state index in [2.05, 4.69) is 29.5 Å². The molecule has 0 saturated carbocycles. The summed E-state index contributed by atoms with van der Waals surface area (Å²) in [5.41, 5.74) is 1.26. The average Bonchev–Trinajstić information content (AvgIpc) is 2.49. The van der Waals surface area contributed by atoms with Crippen molar-refractivity contribution < 1.29 is 0 Å². The topological polar surface area (TPSA) is 24.9 Å². The molecule has 13 heavy (non-hydrogen) atoms. The van der Waals surface area contributed by atoms with Crippen molar-refractivity contribution in [1.29, 1.82) is 0 Å². The van der Waals surface area contributed by atoms with Gasteiger partial charge in [-0.2, -0.15) is 0 Å². The van der Waals surface area contributed by atoms with Gasteiger partial charge in [-0.3, -0.25) is 0 Å². The second-order valence-corrected chi connectivity index (χ2v) is 4.62. The molecule has 1 aromatic rings. The minimum Gasteiger partial charge on any atom is -0.319 e. The molecule has 0 aliphatic carbocycles. The lowest BCUT2D eigenvalue weighted by Crippen LogP contribution is -2.16. The molecule has 1 N–H and O–H groups in total. The Kier molecular flexibility index (Phi) is 4.39. The van der Waals surface area contributed by atoms with Crippen LogP contribution in [0, 0.1) is 12.8 Å². The Balaban J connectivity index is 2.26. The van der Waals surface area contributed by atoms with Crippen LogP contribution in [0.5, 0.6) is 0 Å². The summed E-state index contributed by atoms with van der Waals surface area (Å²) >= 11 is 1.74. The maximum absolute atomic E-state index is 4.44. The van der Waals surface area contributed by atoms with E-state index >= 15 is 0 Å². The zero-order valence-electron chi connectivity index (χ0n) is 8.63. The highest BCUT2D eigenvalue weighted by Gasteiger charge is 2.03. The number of rotatable bonds is 5. The molecule has 3 heteroatoms. The predicted molar refractivity (Wildman–Crippen MR) is 58.3 cm³/mol. The molecule has 0 aliphatic heterocycles. The first-order valence-electron chi connectivity index (χ1n) is 4.78. The Hall–Kier alpha value is -0.410. The Labute approximate surface area is 84.4 Å². The van der Waals surface area contributed by atoms with Crippen LogP contribution in [0.2, 0.25) is 0 Å². The van der Waals surface area contributed by atoms with E-state index in [4.69, 9.17) is 0 Å². The van der Waals surface area contributed by atoms with E-state index in [0.717, 1.165) is 18.9 Å². The lowest BCUT2D eigenvalue weighted by Gasteiger charge is -2.08. The van der Waals surface area contributed by atoms with E-state index < -0.39 is 0 Å². The van der Waals surface area contributed by atoms with Gasteiger partial charge in [-0.1, -0.05) is 6.92 Å². The van der Waals surface area contributed by atoms with Crippen molar-refractivity contribution in [3.8, 4) is 0 Å². The molecule has 0 aromatic carbocycles. The Bertz CT molecular complexity index is 245. The summed E-state index contributed by atoms with van der Waals surface area (Å²) < 4.78 is 0. The van der Waals surface area contributed by atoms with Gasteiger partial charge in [0.05, 0.1) is 10.7 Å². The van der Waals surface area contributed by atoms with Gasteiger partial charge in [0.2, 0.25) is 0 Å². The van der Waals surface area contributed by atoms with Crippen LogP contribution < -0.4 is 5.32 Å². The molecule has 1 heterocycles. The third-order valence-corrected chi connectivity index (χ3v) is 2.93. The number of aromatic nitrogens is 1. The van der Waals surface area contributed by atoms with Gasteiger partial charge < -0.3 is 5.32 Å². The molecule has 0 fully saturated rings. The Morgan fingerprint density at radius 3 is 2.92 bits per heavy atom. The van der Waals surface area contributed by atoms with Crippen LogP contribution in [0.25, 0.3) is 0 Å². The third-order valence-electron chi connectivity index (χ3n) is 2.11. The maximum Gasteiger partial charge on any atom is 0.0897 e. The Morgan fingerprint density at radius 1 is 1.62 bits per heavy atom. The number of hydrogen-bond donors (Lipinski definition) is 1. The standard InChI is InChI=1S/C10H18N2S/c1-8(6-11-3)4-5-10-7-13-9(2)12-10/h7-8,11H,4-6H2,1-3H3. The van der Waals surface area contributed by atoms with Crippen molar-refractivity contribution in [3.63, 3.8) is 0 Å². The average molecular weight is 198 g/mol. The first-order valence-corrected chi connectivity index (χ1v) is 5.66. The number of nitrogens with one attached hydrogen (secondary N) is 1. The third kappa shape index (κ3) is 3.87. The summed E-state index contributed by atoms with van der Waals surface area (Å²) in [6.45, 7) is 5.43. The number of aryl methyl sites for hydroxylation is 2. The van der Waals surface area contributed by atoms with Crippen molar-refractivity contribution in [2.75, 3.05) is 13.6 Å². The fourth-order valence-corrected chi connectivity index (χ4v) is 2.01. The molecule has 0 aliphatic rings. The minimum absolute atomic E-state index is 0.743. The van der Waals surface area contributed by atoms with Gasteiger partial charge >= 0.3 is 0 Å². The van der Waals surface area contributed by atoms with Crippen molar-refractivity contribution >= 4 is 11.3 Å². The van der Waals surface area contributed by atoms with Gasteiger partial charge in [-0.05, 0) is 39.3 Å². The number of thiazole rings is 1. The SMILES string of the molecule is CNCC(C)CCc1csc(C)n1. The lowest BCUT2D eigenvalue weighted by atomic mass is 10.0. The zero-order chi connectivity index (χ0) is 9.68. The van der Waals surface area contributed by atoms with Crippen LogP contribution >= 0.6 is 11.3 Å². The van der Waals surface area contributed by atoms with Gasteiger partial charge in [0, 0.05) is 5.38 Å². The van der Waals surface area contributed by atoms with Crippen LogP contribution in [-0.2, 0) is 6.42 Å². The second kappa shape index (κ2) is 5.35. The molecule has 1 rings (SSSR count). The smallest absolute Gasteiger partial charge is 0.0897 e. The number of nitrogens with zero attached hydrogens (tertiary/aromatic N) is 1. The molecule has 1 unspecified atom stereocenters. The monoisotopic (exact) mass is 198 g/mol. The molecular formula is C10H18N2S. The highest BCUT2D eigenvalue weighted by atomic mass is 32.1. The normalized spacial score (nSPS) is 13.2. The van der Waals surface area contributed by atoms with Crippen molar-refractivity contribution in [1.82, 2.24) is 10.3 Å². The lowest BCUT2D eigenvalue weighted by molar-refractivity contribution is 0.502. The van der Waals surface area contributed by atoms with Gasteiger partial charge in [-0.15, -0.1) is 11.3 Å². The molecule has 1 aromatic heterocycles. The maximum atomic E-state index is 4.44. The molecular weight excluding hydrogens is 180 g/mol. The van der Waals surface area contributed by atoms with E-state index in [0.29, 0.717) is 0 Å². The summed E-state index contributed by atoms with van der Waals surface area (Å²) in [6, 6.07) is 0. The molecule has 0 amide bonds.